The Kier molecular flexibility index (Phi) is 4.33. The summed E-state index contributed by atoms with van der Waals surface area (Å²) >= 11 is 1.73. The van der Waals surface area contributed by atoms with E-state index in [9.17, 15) is 0 Å². The molecule has 1 aromatic carbocycles. The number of aromatic nitrogens is 1. The number of nitrogens with one attached hydrogen (secondary N) is 1. The quantitative estimate of drug-likeness (QED) is 0.918. The number of ether oxygens (including phenoxy) is 1. The van der Waals surface area contributed by atoms with Gasteiger partial charge < -0.3 is 10.1 Å². The van der Waals surface area contributed by atoms with Gasteiger partial charge in [-0.05, 0) is 31.0 Å². The summed E-state index contributed by atoms with van der Waals surface area (Å²) in [5.74, 6) is 1.57. The van der Waals surface area contributed by atoms with Gasteiger partial charge in [0.25, 0.3) is 0 Å². The van der Waals surface area contributed by atoms with Crippen LogP contribution in [0.4, 0.5) is 0 Å². The Morgan fingerprint density at radius 2 is 2.35 bits per heavy atom. The van der Waals surface area contributed by atoms with E-state index in [0.29, 0.717) is 12.0 Å². The summed E-state index contributed by atoms with van der Waals surface area (Å²) in [4.78, 5) is 5.52. The van der Waals surface area contributed by atoms with E-state index in [-0.39, 0.29) is 0 Å². The molecule has 4 heteroatoms. The molecule has 0 saturated heterocycles. The smallest absolute Gasteiger partial charge is 0.122 e. The van der Waals surface area contributed by atoms with Crippen molar-refractivity contribution in [1.29, 1.82) is 0 Å². The second-order valence-electron chi connectivity index (χ2n) is 5.22. The normalized spacial score (nSPS) is 19.1. The van der Waals surface area contributed by atoms with E-state index in [1.165, 1.54) is 10.4 Å². The zero-order valence-electron chi connectivity index (χ0n) is 11.7. The topological polar surface area (TPSA) is 34.2 Å². The van der Waals surface area contributed by atoms with Crippen LogP contribution in [0.3, 0.4) is 0 Å². The molecule has 0 aliphatic carbocycles. The highest BCUT2D eigenvalue weighted by Crippen LogP contribution is 2.29. The maximum atomic E-state index is 5.93. The van der Waals surface area contributed by atoms with Crippen molar-refractivity contribution in [3.63, 3.8) is 0 Å². The molecule has 0 fully saturated rings. The molecular weight excluding hydrogens is 268 g/mol. The second-order valence-corrected chi connectivity index (χ2v) is 6.19. The minimum Gasteiger partial charge on any atom is -0.493 e. The molecule has 0 spiro atoms. The first-order valence-electron chi connectivity index (χ1n) is 7.18. The average Bonchev–Trinajstić information content (AvgIpc) is 2.99. The number of hydrogen-bond donors (Lipinski definition) is 1. The third kappa shape index (κ3) is 3.02. The van der Waals surface area contributed by atoms with Gasteiger partial charge >= 0.3 is 0 Å². The van der Waals surface area contributed by atoms with Crippen LogP contribution in [0.25, 0.3) is 0 Å². The lowest BCUT2D eigenvalue weighted by molar-refractivity contribution is 0.184. The highest BCUT2D eigenvalue weighted by molar-refractivity contribution is 7.09. The molecule has 0 bridgehead atoms. The van der Waals surface area contributed by atoms with Gasteiger partial charge in [-0.25, -0.2) is 0 Å². The second kappa shape index (κ2) is 6.37. The number of fused-ring (bicyclic) bond motifs is 1. The van der Waals surface area contributed by atoms with E-state index < -0.39 is 0 Å². The van der Waals surface area contributed by atoms with Crippen molar-refractivity contribution in [3.8, 4) is 5.75 Å². The summed E-state index contributed by atoms with van der Waals surface area (Å²) in [7, 11) is 0. The summed E-state index contributed by atoms with van der Waals surface area (Å²) < 4.78 is 5.93. The number of benzene rings is 1. The van der Waals surface area contributed by atoms with Crippen LogP contribution >= 0.6 is 11.3 Å². The van der Waals surface area contributed by atoms with Gasteiger partial charge in [0.15, 0.2) is 0 Å². The monoisotopic (exact) mass is 288 g/mol. The van der Waals surface area contributed by atoms with Crippen LogP contribution in [-0.4, -0.2) is 24.2 Å². The van der Waals surface area contributed by atoms with Crippen LogP contribution in [0, 0.1) is 5.92 Å². The van der Waals surface area contributed by atoms with Crippen molar-refractivity contribution < 1.29 is 4.74 Å². The molecule has 2 heterocycles. The largest absolute Gasteiger partial charge is 0.493 e. The lowest BCUT2D eigenvalue weighted by Gasteiger charge is -2.32. The minimum atomic E-state index is 0.453. The van der Waals surface area contributed by atoms with Crippen LogP contribution in [0.1, 0.15) is 17.4 Å². The predicted octanol–water partition coefficient (Wildman–Crippen LogP) is 2.92. The highest BCUT2D eigenvalue weighted by atomic mass is 32.1. The van der Waals surface area contributed by atoms with Crippen molar-refractivity contribution in [2.45, 2.75) is 25.8 Å². The predicted molar refractivity (Wildman–Crippen MR) is 82.4 cm³/mol. The average molecular weight is 288 g/mol. The van der Waals surface area contributed by atoms with Gasteiger partial charge in [0, 0.05) is 23.0 Å². The molecule has 0 radical (unpaired) electrons. The van der Waals surface area contributed by atoms with Crippen LogP contribution in [-0.2, 0) is 12.8 Å². The Morgan fingerprint density at radius 3 is 3.15 bits per heavy atom. The number of rotatable bonds is 5. The van der Waals surface area contributed by atoms with Crippen LogP contribution in [0.15, 0.2) is 36.0 Å². The first kappa shape index (κ1) is 13.6. The van der Waals surface area contributed by atoms with Crippen molar-refractivity contribution in [2.75, 3.05) is 13.2 Å². The van der Waals surface area contributed by atoms with Gasteiger partial charge in [0.1, 0.15) is 5.75 Å². The fourth-order valence-electron chi connectivity index (χ4n) is 2.84. The third-order valence-corrected chi connectivity index (χ3v) is 4.65. The SMILES string of the molecule is CCNC(Cc1cncs1)C1COc2ccccc2C1. The van der Waals surface area contributed by atoms with E-state index in [1.54, 1.807) is 11.3 Å². The molecule has 3 rings (SSSR count). The molecule has 2 unspecified atom stereocenters. The maximum Gasteiger partial charge on any atom is 0.122 e. The lowest BCUT2D eigenvalue weighted by atomic mass is 9.88. The number of para-hydroxylation sites is 1. The van der Waals surface area contributed by atoms with Gasteiger partial charge in [0.2, 0.25) is 0 Å². The maximum absolute atomic E-state index is 5.93. The Bertz CT molecular complexity index is 541. The molecular formula is C16H20N2OS. The number of likely N-dealkylation sites (N-methyl/N-ethyl adjacent to an activating group) is 1. The lowest BCUT2D eigenvalue weighted by Crippen LogP contribution is -2.43. The fourth-order valence-corrected chi connectivity index (χ4v) is 3.49. The molecule has 1 aliphatic rings. The Hall–Kier alpha value is -1.39. The molecule has 2 atom stereocenters. The summed E-state index contributed by atoms with van der Waals surface area (Å²) in [5.41, 5.74) is 3.24. The van der Waals surface area contributed by atoms with Crippen molar-refractivity contribution in [1.82, 2.24) is 10.3 Å². The molecule has 1 aromatic heterocycles. The van der Waals surface area contributed by atoms with Gasteiger partial charge in [-0.1, -0.05) is 25.1 Å². The van der Waals surface area contributed by atoms with Gasteiger partial charge in [-0.2, -0.15) is 0 Å². The zero-order valence-corrected chi connectivity index (χ0v) is 12.5. The summed E-state index contributed by atoms with van der Waals surface area (Å²) in [6, 6.07) is 8.83. The van der Waals surface area contributed by atoms with Crippen LogP contribution in [0.2, 0.25) is 0 Å². The van der Waals surface area contributed by atoms with E-state index >= 15 is 0 Å². The summed E-state index contributed by atoms with van der Waals surface area (Å²) in [6.45, 7) is 3.95. The van der Waals surface area contributed by atoms with Crippen LogP contribution < -0.4 is 10.1 Å². The number of nitrogens with zero attached hydrogens (tertiary/aromatic N) is 1. The van der Waals surface area contributed by atoms with Gasteiger partial charge in [-0.15, -0.1) is 11.3 Å². The van der Waals surface area contributed by atoms with E-state index in [0.717, 1.165) is 31.7 Å². The highest BCUT2D eigenvalue weighted by Gasteiger charge is 2.27. The number of hydrogen-bond acceptors (Lipinski definition) is 4. The third-order valence-electron chi connectivity index (χ3n) is 3.85. The molecule has 1 N–H and O–H groups in total. The van der Waals surface area contributed by atoms with Crippen LogP contribution in [0.5, 0.6) is 5.75 Å². The first-order chi connectivity index (χ1) is 9.86. The molecule has 2 aromatic rings. The zero-order chi connectivity index (χ0) is 13.8. The van der Waals surface area contributed by atoms with Crippen molar-refractivity contribution >= 4 is 11.3 Å². The van der Waals surface area contributed by atoms with E-state index in [2.05, 4.69) is 35.4 Å². The standard InChI is InChI=1S/C16H20N2OS/c1-2-18-15(8-14-9-17-11-20-14)13-7-12-5-3-4-6-16(12)19-10-13/h3-6,9,11,13,15,18H,2,7-8,10H2,1H3. The molecule has 3 nitrogen and oxygen atoms in total. The first-order valence-corrected chi connectivity index (χ1v) is 8.06. The Balaban J connectivity index is 1.72. The molecule has 20 heavy (non-hydrogen) atoms. The van der Waals surface area contributed by atoms with E-state index in [1.807, 2.05) is 17.8 Å². The molecule has 1 aliphatic heterocycles. The minimum absolute atomic E-state index is 0.453. The van der Waals surface area contributed by atoms with Gasteiger partial charge in [0.05, 0.1) is 12.1 Å². The van der Waals surface area contributed by atoms with Crippen molar-refractivity contribution in [3.05, 3.63) is 46.4 Å². The molecule has 106 valence electrons. The fraction of sp³-hybridized carbons (Fsp3) is 0.438. The molecule has 0 amide bonds. The Morgan fingerprint density at radius 1 is 1.45 bits per heavy atom. The molecule has 0 saturated carbocycles. The summed E-state index contributed by atoms with van der Waals surface area (Å²) in [6.07, 6.45) is 4.11. The van der Waals surface area contributed by atoms with Crippen molar-refractivity contribution in [2.24, 2.45) is 5.92 Å². The summed E-state index contributed by atoms with van der Waals surface area (Å²) in [5, 5.41) is 3.62. The van der Waals surface area contributed by atoms with Gasteiger partial charge in [-0.3, -0.25) is 4.98 Å². The number of thiazole rings is 1. The Labute approximate surface area is 124 Å². The van der Waals surface area contributed by atoms with E-state index in [4.69, 9.17) is 4.74 Å².